The minimum absolute atomic E-state index is 0.0118. The largest absolute Gasteiger partial charge is 0.452 e. The summed E-state index contributed by atoms with van der Waals surface area (Å²) < 4.78 is 6.88. The van der Waals surface area contributed by atoms with Gasteiger partial charge in [0.05, 0.1) is 17.8 Å². The molecule has 0 aliphatic heterocycles. The van der Waals surface area contributed by atoms with Gasteiger partial charge in [-0.05, 0) is 32.9 Å². The van der Waals surface area contributed by atoms with Crippen molar-refractivity contribution in [2.24, 2.45) is 0 Å². The second-order valence-corrected chi connectivity index (χ2v) is 5.77. The molecule has 8 nitrogen and oxygen atoms in total. The molecule has 8 heteroatoms. The van der Waals surface area contributed by atoms with E-state index in [1.54, 1.807) is 4.68 Å². The lowest BCUT2D eigenvalue weighted by molar-refractivity contribution is -0.153. The average molecular weight is 358 g/mol. The fraction of sp³-hybridized carbons (Fsp3) is 0.333. The molecule has 1 heterocycles. The van der Waals surface area contributed by atoms with E-state index in [0.29, 0.717) is 5.69 Å². The Morgan fingerprint density at radius 3 is 2.46 bits per heavy atom. The highest BCUT2D eigenvalue weighted by atomic mass is 16.5. The molecular formula is C18H22N4O4. The maximum absolute atomic E-state index is 12.2. The van der Waals surface area contributed by atoms with Crippen LogP contribution in [-0.2, 0) is 20.7 Å². The van der Waals surface area contributed by atoms with Gasteiger partial charge in [0, 0.05) is 18.3 Å². The van der Waals surface area contributed by atoms with Gasteiger partial charge in [0.2, 0.25) is 0 Å². The molecule has 2 aromatic rings. The molecule has 1 atom stereocenters. The molecule has 0 saturated heterocycles. The minimum Gasteiger partial charge on any atom is -0.452 e. The Labute approximate surface area is 151 Å². The van der Waals surface area contributed by atoms with Crippen molar-refractivity contribution in [1.29, 1.82) is 0 Å². The molecule has 0 fully saturated rings. The second kappa shape index (κ2) is 8.28. The zero-order chi connectivity index (χ0) is 19.3. The molecule has 26 heavy (non-hydrogen) atoms. The monoisotopic (exact) mass is 358 g/mol. The van der Waals surface area contributed by atoms with Gasteiger partial charge in [-0.2, -0.15) is 5.10 Å². The van der Waals surface area contributed by atoms with Crippen molar-refractivity contribution in [2.75, 3.05) is 7.05 Å². The fourth-order valence-electron chi connectivity index (χ4n) is 2.46. The first kappa shape index (κ1) is 19.2. The first-order valence-electron chi connectivity index (χ1n) is 8.16. The van der Waals surface area contributed by atoms with Crippen molar-refractivity contribution in [3.63, 3.8) is 0 Å². The quantitative estimate of drug-likeness (QED) is 0.787. The summed E-state index contributed by atoms with van der Waals surface area (Å²) in [6, 6.07) is 8.92. The van der Waals surface area contributed by atoms with E-state index in [4.69, 9.17) is 4.74 Å². The van der Waals surface area contributed by atoms with Crippen LogP contribution in [0.15, 0.2) is 30.3 Å². The number of rotatable bonds is 5. The van der Waals surface area contributed by atoms with Crippen molar-refractivity contribution in [2.45, 2.75) is 33.3 Å². The first-order chi connectivity index (χ1) is 12.3. The van der Waals surface area contributed by atoms with E-state index in [1.165, 1.54) is 14.0 Å². The number of benzene rings is 1. The number of para-hydroxylation sites is 1. The first-order valence-corrected chi connectivity index (χ1v) is 8.16. The third-order valence-electron chi connectivity index (χ3n) is 3.90. The summed E-state index contributed by atoms with van der Waals surface area (Å²) >= 11 is 0. The SMILES string of the molecule is CNC(=O)NC(=O)[C@H](C)OC(=O)Cc1c(C)nn(-c2ccccc2)c1C. The summed E-state index contributed by atoms with van der Waals surface area (Å²) in [5.74, 6) is -1.26. The summed E-state index contributed by atoms with van der Waals surface area (Å²) in [5.41, 5.74) is 3.18. The maximum Gasteiger partial charge on any atom is 0.321 e. The van der Waals surface area contributed by atoms with Crippen molar-refractivity contribution < 1.29 is 19.1 Å². The van der Waals surface area contributed by atoms with Gasteiger partial charge in [0.25, 0.3) is 5.91 Å². The number of aromatic nitrogens is 2. The normalized spacial score (nSPS) is 11.5. The smallest absolute Gasteiger partial charge is 0.321 e. The molecule has 0 spiro atoms. The number of esters is 1. The number of imide groups is 1. The van der Waals surface area contributed by atoms with Crippen molar-refractivity contribution in [3.8, 4) is 5.69 Å². The van der Waals surface area contributed by atoms with Gasteiger partial charge in [-0.3, -0.25) is 14.9 Å². The van der Waals surface area contributed by atoms with Crippen LogP contribution in [0.4, 0.5) is 4.79 Å². The Kier molecular flexibility index (Phi) is 6.11. The van der Waals surface area contributed by atoms with Crippen LogP contribution >= 0.6 is 0 Å². The number of hydrogen-bond donors (Lipinski definition) is 2. The predicted octanol–water partition coefficient (Wildman–Crippen LogP) is 1.42. The van der Waals surface area contributed by atoms with Crippen molar-refractivity contribution in [3.05, 3.63) is 47.3 Å². The summed E-state index contributed by atoms with van der Waals surface area (Å²) in [7, 11) is 1.38. The Morgan fingerprint density at radius 2 is 1.85 bits per heavy atom. The third-order valence-corrected chi connectivity index (χ3v) is 3.90. The van der Waals surface area contributed by atoms with E-state index in [-0.39, 0.29) is 6.42 Å². The fourth-order valence-corrected chi connectivity index (χ4v) is 2.46. The lowest BCUT2D eigenvalue weighted by Gasteiger charge is -2.13. The molecule has 0 aliphatic rings. The predicted molar refractivity (Wildman–Crippen MR) is 94.9 cm³/mol. The number of urea groups is 1. The van der Waals surface area contributed by atoms with Crippen LogP contribution in [0.2, 0.25) is 0 Å². The van der Waals surface area contributed by atoms with Gasteiger partial charge in [-0.15, -0.1) is 0 Å². The molecule has 138 valence electrons. The standard InChI is InChI=1S/C18H22N4O4/c1-11-15(12(2)22(21-11)14-8-6-5-7-9-14)10-16(23)26-13(3)17(24)20-18(25)19-4/h5-9,13H,10H2,1-4H3,(H2,19,20,24,25)/t13-/m0/s1. The van der Waals surface area contributed by atoms with Gasteiger partial charge < -0.3 is 10.1 Å². The molecule has 3 amide bonds. The van der Waals surface area contributed by atoms with E-state index in [9.17, 15) is 14.4 Å². The molecule has 0 radical (unpaired) electrons. The molecule has 2 rings (SSSR count). The zero-order valence-electron chi connectivity index (χ0n) is 15.2. The average Bonchev–Trinajstić information content (AvgIpc) is 2.90. The lowest BCUT2D eigenvalue weighted by atomic mass is 10.1. The number of carbonyl (C=O) groups excluding carboxylic acids is 3. The van der Waals surface area contributed by atoms with Crippen LogP contribution in [-0.4, -0.2) is 40.8 Å². The second-order valence-electron chi connectivity index (χ2n) is 5.77. The third kappa shape index (κ3) is 4.47. The summed E-state index contributed by atoms with van der Waals surface area (Å²) in [6.45, 7) is 5.09. The van der Waals surface area contributed by atoms with Crippen LogP contribution in [0.5, 0.6) is 0 Å². The molecule has 1 aromatic heterocycles. The molecule has 0 aliphatic carbocycles. The van der Waals surface area contributed by atoms with Crippen LogP contribution in [0.3, 0.4) is 0 Å². The highest BCUT2D eigenvalue weighted by Gasteiger charge is 2.22. The van der Waals surface area contributed by atoms with Gasteiger partial charge in [-0.1, -0.05) is 18.2 Å². The van der Waals surface area contributed by atoms with Crippen molar-refractivity contribution in [1.82, 2.24) is 20.4 Å². The van der Waals surface area contributed by atoms with Crippen LogP contribution in [0, 0.1) is 13.8 Å². The molecule has 2 N–H and O–H groups in total. The zero-order valence-corrected chi connectivity index (χ0v) is 15.2. The number of aryl methyl sites for hydroxylation is 1. The Morgan fingerprint density at radius 1 is 1.19 bits per heavy atom. The van der Waals surface area contributed by atoms with E-state index < -0.39 is 24.0 Å². The highest BCUT2D eigenvalue weighted by molar-refractivity contribution is 5.97. The summed E-state index contributed by atoms with van der Waals surface area (Å²) in [4.78, 5) is 35.1. The Hall–Kier alpha value is -3.16. The van der Waals surface area contributed by atoms with E-state index in [2.05, 4.69) is 15.7 Å². The molecule has 0 saturated carbocycles. The summed E-state index contributed by atoms with van der Waals surface area (Å²) in [6.07, 6.45) is -1.09. The van der Waals surface area contributed by atoms with E-state index in [1.807, 2.05) is 44.2 Å². The topological polar surface area (TPSA) is 102 Å². The van der Waals surface area contributed by atoms with Gasteiger partial charge in [0.15, 0.2) is 6.10 Å². The number of carbonyl (C=O) groups is 3. The summed E-state index contributed by atoms with van der Waals surface area (Å²) in [5, 5.41) is 8.79. The Balaban J connectivity index is 2.07. The van der Waals surface area contributed by atoms with Gasteiger partial charge >= 0.3 is 12.0 Å². The number of ether oxygens (including phenoxy) is 1. The number of nitrogens with one attached hydrogen (secondary N) is 2. The minimum atomic E-state index is -1.08. The molecule has 0 bridgehead atoms. The van der Waals surface area contributed by atoms with Crippen LogP contribution < -0.4 is 10.6 Å². The highest BCUT2D eigenvalue weighted by Crippen LogP contribution is 2.18. The number of nitrogens with zero attached hydrogens (tertiary/aromatic N) is 2. The van der Waals surface area contributed by atoms with Crippen LogP contribution in [0.25, 0.3) is 5.69 Å². The number of amides is 3. The van der Waals surface area contributed by atoms with Gasteiger partial charge in [0.1, 0.15) is 0 Å². The van der Waals surface area contributed by atoms with E-state index >= 15 is 0 Å². The Bertz CT molecular complexity index is 814. The number of hydrogen-bond acceptors (Lipinski definition) is 5. The lowest BCUT2D eigenvalue weighted by Crippen LogP contribution is -2.43. The molecule has 1 aromatic carbocycles. The van der Waals surface area contributed by atoms with E-state index in [0.717, 1.165) is 16.9 Å². The van der Waals surface area contributed by atoms with Gasteiger partial charge in [-0.25, -0.2) is 9.48 Å². The maximum atomic E-state index is 12.2. The molecular weight excluding hydrogens is 336 g/mol. The van der Waals surface area contributed by atoms with Crippen LogP contribution in [0.1, 0.15) is 23.9 Å². The van der Waals surface area contributed by atoms with Crippen molar-refractivity contribution >= 4 is 17.9 Å². The molecule has 0 unspecified atom stereocenters.